The fourth-order valence-electron chi connectivity index (χ4n) is 6.57. The van der Waals surface area contributed by atoms with E-state index >= 15 is 0 Å². The van der Waals surface area contributed by atoms with E-state index in [-0.39, 0.29) is 34.6 Å². The Morgan fingerprint density at radius 2 is 1.92 bits per heavy atom. The van der Waals surface area contributed by atoms with Gasteiger partial charge < -0.3 is 23.8 Å². The number of hydrogen-bond donors (Lipinski definition) is 0. The van der Waals surface area contributed by atoms with Crippen molar-refractivity contribution < 1.29 is 28.6 Å². The zero-order chi connectivity index (χ0) is 27.6. The summed E-state index contributed by atoms with van der Waals surface area (Å²) < 4.78 is 18.4. The lowest BCUT2D eigenvalue weighted by Gasteiger charge is -2.48. The molecule has 1 aromatic rings. The molecule has 0 N–H and O–H groups in total. The predicted molar refractivity (Wildman–Crippen MR) is 148 cm³/mol. The molecule has 1 aliphatic carbocycles. The van der Waals surface area contributed by atoms with Crippen LogP contribution in [0.2, 0.25) is 0 Å². The van der Waals surface area contributed by atoms with E-state index in [2.05, 4.69) is 53.8 Å². The van der Waals surface area contributed by atoms with Crippen LogP contribution in [-0.4, -0.2) is 62.6 Å². The van der Waals surface area contributed by atoms with Crippen molar-refractivity contribution in [2.45, 2.75) is 96.5 Å². The Morgan fingerprint density at radius 1 is 1.18 bits per heavy atom. The molecule has 4 rings (SSSR count). The summed E-state index contributed by atoms with van der Waals surface area (Å²) in [4.78, 5) is 12.7. The van der Waals surface area contributed by atoms with E-state index in [0.717, 1.165) is 54.8 Å². The zero-order valence-corrected chi connectivity index (χ0v) is 24.6. The summed E-state index contributed by atoms with van der Waals surface area (Å²) >= 11 is 0. The van der Waals surface area contributed by atoms with Gasteiger partial charge in [-0.15, -0.1) is 5.75 Å². The van der Waals surface area contributed by atoms with Crippen LogP contribution in [0.5, 0.6) is 11.5 Å². The summed E-state index contributed by atoms with van der Waals surface area (Å²) in [5.74, 6) is 0.967. The van der Waals surface area contributed by atoms with Crippen LogP contribution in [0.4, 0.5) is 0 Å². The smallest absolute Gasteiger partial charge is 0.362 e. The number of allylic oxidation sites excluding steroid dienone is 1. The molecule has 0 spiro atoms. The van der Waals surface area contributed by atoms with Crippen molar-refractivity contribution in [2.75, 3.05) is 46.5 Å². The van der Waals surface area contributed by atoms with Crippen molar-refractivity contribution in [3.8, 4) is 11.5 Å². The molecule has 0 bridgehead atoms. The minimum absolute atomic E-state index is 0.0717. The van der Waals surface area contributed by atoms with Gasteiger partial charge in [0.25, 0.3) is 0 Å². The highest BCUT2D eigenvalue weighted by molar-refractivity contribution is 5.70. The van der Waals surface area contributed by atoms with Crippen molar-refractivity contribution in [3.63, 3.8) is 0 Å². The van der Waals surface area contributed by atoms with E-state index in [4.69, 9.17) is 14.2 Å². The molecule has 1 unspecified atom stereocenters. The monoisotopic (exact) mass is 527 g/mol. The Morgan fingerprint density at radius 3 is 2.63 bits per heavy atom. The minimum atomic E-state index is -0.373. The Hall–Kier alpha value is -2.05. The second kappa shape index (κ2) is 11.6. The van der Waals surface area contributed by atoms with E-state index in [9.17, 15) is 9.90 Å². The van der Waals surface area contributed by atoms with Gasteiger partial charge >= 0.3 is 5.97 Å². The van der Waals surface area contributed by atoms with Crippen LogP contribution >= 0.6 is 0 Å². The lowest BCUT2D eigenvalue weighted by atomic mass is 9.66. The van der Waals surface area contributed by atoms with E-state index < -0.39 is 0 Å². The molecular weight excluding hydrogens is 478 g/mol. The van der Waals surface area contributed by atoms with Gasteiger partial charge in [-0.25, -0.2) is 4.79 Å². The lowest BCUT2D eigenvalue weighted by molar-refractivity contribution is -0.910. The summed E-state index contributed by atoms with van der Waals surface area (Å²) in [7, 11) is 2.09. The molecule has 6 nitrogen and oxygen atoms in total. The van der Waals surface area contributed by atoms with Gasteiger partial charge in [-0.05, 0) is 67.2 Å². The van der Waals surface area contributed by atoms with Gasteiger partial charge in [-0.1, -0.05) is 58.6 Å². The fraction of sp³-hybridized carbons (Fsp3) is 0.719. The molecule has 3 aliphatic rings. The summed E-state index contributed by atoms with van der Waals surface area (Å²) in [5, 5.41) is 13.6. The average Bonchev–Trinajstić information content (AvgIpc) is 2.84. The first-order chi connectivity index (χ1) is 17.9. The molecule has 38 heavy (non-hydrogen) atoms. The molecule has 1 aromatic carbocycles. The normalized spacial score (nSPS) is 24.0. The molecule has 2 heterocycles. The highest BCUT2D eigenvalue weighted by atomic mass is 16.5. The van der Waals surface area contributed by atoms with Gasteiger partial charge in [0.1, 0.15) is 31.0 Å². The number of rotatable bonds is 10. The number of morpholine rings is 1. The van der Waals surface area contributed by atoms with Crippen molar-refractivity contribution in [3.05, 3.63) is 34.9 Å². The maximum Gasteiger partial charge on any atom is 0.362 e. The Labute approximate surface area is 229 Å². The number of fused-ring (bicyclic) bond motifs is 3. The second-order valence-corrected chi connectivity index (χ2v) is 13.3. The second-order valence-electron chi connectivity index (χ2n) is 13.3. The van der Waals surface area contributed by atoms with Gasteiger partial charge in [0.15, 0.2) is 6.54 Å². The standard InChI is InChI=1S/C32H49NO5/c1-7-8-9-10-13-31(2,3)24-19-27(34)30-25-18-23(11-12-26(25)32(4,5)38-28(30)20-24)22-37-29(35)21-33(6)14-16-36-17-15-33/h11,19-20,25-26H,7-10,12-18,21-22H2,1-6H3/t25-,26?/m0/s1. The Bertz CT molecular complexity index is 1020. The third-order valence-corrected chi connectivity index (χ3v) is 9.29. The number of hydrogen-bond acceptors (Lipinski definition) is 5. The van der Waals surface area contributed by atoms with E-state index in [1.54, 1.807) is 0 Å². The van der Waals surface area contributed by atoms with Crippen LogP contribution in [0.15, 0.2) is 23.8 Å². The third-order valence-electron chi connectivity index (χ3n) is 9.29. The number of nitrogens with zero attached hydrogens (tertiary/aromatic N) is 1. The molecule has 212 valence electrons. The molecule has 0 amide bonds. The van der Waals surface area contributed by atoms with Gasteiger partial charge in [0.05, 0.1) is 20.3 Å². The Balaban J connectivity index is 1.47. The molecule has 1 fully saturated rings. The molecule has 2 aliphatic heterocycles. The average molecular weight is 528 g/mol. The third kappa shape index (κ3) is 6.56. The molecule has 0 saturated carbocycles. The van der Waals surface area contributed by atoms with Crippen LogP contribution in [0.1, 0.15) is 96.6 Å². The van der Waals surface area contributed by atoms with Crippen LogP contribution in [0.25, 0.3) is 0 Å². The fourth-order valence-corrected chi connectivity index (χ4v) is 6.57. The first kappa shape index (κ1) is 28.9. The molecule has 0 aromatic heterocycles. The summed E-state index contributed by atoms with van der Waals surface area (Å²) in [5.41, 5.74) is 2.54. The number of ether oxygens (including phenoxy) is 3. The van der Waals surface area contributed by atoms with Crippen molar-refractivity contribution in [1.82, 2.24) is 0 Å². The summed E-state index contributed by atoms with van der Waals surface area (Å²) in [6, 6.07) is 4.00. The number of unbranched alkanes of at least 4 members (excludes halogenated alkanes) is 3. The predicted octanol–water partition coefficient (Wildman–Crippen LogP) is 5.62. The summed E-state index contributed by atoms with van der Waals surface area (Å²) in [6.07, 6.45) is 9.69. The molecular formula is C32H49NO5. The van der Waals surface area contributed by atoms with Gasteiger partial charge in [-0.3, -0.25) is 0 Å². The van der Waals surface area contributed by atoms with Crippen LogP contribution in [0, 0.1) is 5.92 Å². The summed E-state index contributed by atoms with van der Waals surface area (Å²) in [6.45, 7) is 14.7. The van der Waals surface area contributed by atoms with Gasteiger partial charge in [-0.2, -0.15) is 0 Å². The quantitative estimate of drug-likeness (QED) is 0.171. The maximum atomic E-state index is 13.6. The number of esters is 1. The number of quaternary nitrogens is 1. The maximum absolute atomic E-state index is 13.6. The lowest BCUT2D eigenvalue weighted by Crippen LogP contribution is -2.54. The van der Waals surface area contributed by atoms with Gasteiger partial charge in [0, 0.05) is 5.92 Å². The van der Waals surface area contributed by atoms with Crippen LogP contribution in [0.3, 0.4) is 0 Å². The van der Waals surface area contributed by atoms with Crippen molar-refractivity contribution >= 4 is 5.97 Å². The highest BCUT2D eigenvalue weighted by Crippen LogP contribution is 2.54. The first-order valence-corrected chi connectivity index (χ1v) is 14.7. The van der Waals surface area contributed by atoms with Crippen LogP contribution < -0.4 is 9.84 Å². The first-order valence-electron chi connectivity index (χ1n) is 14.7. The molecule has 2 atom stereocenters. The number of carbonyl (C=O) groups is 1. The molecule has 0 radical (unpaired) electrons. The highest BCUT2D eigenvalue weighted by Gasteiger charge is 2.45. The number of likely N-dealkylation sites (N-methyl/N-ethyl adjacent to an activating group) is 1. The van der Waals surface area contributed by atoms with Gasteiger partial charge in [0.2, 0.25) is 0 Å². The molecule has 6 heteroatoms. The van der Waals surface area contributed by atoms with E-state index in [1.807, 2.05) is 6.07 Å². The Kier molecular flexibility index (Phi) is 8.83. The van der Waals surface area contributed by atoms with Crippen LogP contribution in [-0.2, 0) is 19.7 Å². The largest absolute Gasteiger partial charge is 0.872 e. The zero-order valence-electron chi connectivity index (χ0n) is 24.6. The number of carbonyl (C=O) groups excluding carboxylic acids is 1. The topological polar surface area (TPSA) is 67.8 Å². The number of benzene rings is 1. The van der Waals surface area contributed by atoms with Crippen molar-refractivity contribution in [2.24, 2.45) is 5.92 Å². The molecule has 1 saturated heterocycles. The van der Waals surface area contributed by atoms with E-state index in [1.165, 1.54) is 25.7 Å². The van der Waals surface area contributed by atoms with Crippen molar-refractivity contribution in [1.29, 1.82) is 0 Å². The minimum Gasteiger partial charge on any atom is -0.872 e. The SMILES string of the molecule is CCCCCCC(C)(C)c1cc([O-])c2c(c1)OC(C)(C)C1CC=C(COC(=O)C[N+]3(C)CCOCC3)C[C@H]21. The van der Waals surface area contributed by atoms with E-state index in [0.29, 0.717) is 30.8 Å².